The van der Waals surface area contributed by atoms with E-state index in [0.717, 1.165) is 58.2 Å². The summed E-state index contributed by atoms with van der Waals surface area (Å²) in [7, 11) is -1.83. The molecule has 186 valence electrons. The molecule has 2 aromatic rings. The number of hydrogen-bond acceptors (Lipinski definition) is 7. The first-order valence-electron chi connectivity index (χ1n) is 11.7. The maximum Gasteiger partial charge on any atom is 0.323 e. The van der Waals surface area contributed by atoms with E-state index in [9.17, 15) is 13.2 Å². The fourth-order valence-corrected chi connectivity index (χ4v) is 4.64. The van der Waals surface area contributed by atoms with Gasteiger partial charge in [0.05, 0.1) is 13.4 Å². The molecule has 1 atom stereocenters. The molecular formula is C25H35N3O5S. The molecule has 1 fully saturated rings. The molecule has 1 saturated heterocycles. The minimum absolute atomic E-state index is 0.126. The monoisotopic (exact) mass is 489 g/mol. The number of hydrogen-bond donors (Lipinski definition) is 1. The van der Waals surface area contributed by atoms with E-state index in [-0.39, 0.29) is 12.0 Å². The van der Waals surface area contributed by atoms with Crippen LogP contribution in [0.1, 0.15) is 31.7 Å². The molecule has 0 bridgehead atoms. The topological polar surface area (TPSA) is 88.2 Å². The zero-order chi connectivity index (χ0) is 24.6. The van der Waals surface area contributed by atoms with Crippen LogP contribution in [-0.4, -0.2) is 69.8 Å². The van der Waals surface area contributed by atoms with Crippen molar-refractivity contribution < 1.29 is 22.7 Å². The van der Waals surface area contributed by atoms with Crippen molar-refractivity contribution in [3.8, 4) is 11.5 Å². The minimum Gasteiger partial charge on any atom is -0.468 e. The van der Waals surface area contributed by atoms with Crippen molar-refractivity contribution in [1.29, 1.82) is 0 Å². The fraction of sp³-hybridized carbons (Fsp3) is 0.480. The second-order valence-electron chi connectivity index (χ2n) is 8.64. The summed E-state index contributed by atoms with van der Waals surface area (Å²) < 4.78 is 35.9. The predicted octanol–water partition coefficient (Wildman–Crippen LogP) is 3.70. The zero-order valence-corrected chi connectivity index (χ0v) is 21.0. The number of piperazine rings is 1. The lowest BCUT2D eigenvalue weighted by Crippen LogP contribution is -2.52. The third kappa shape index (κ3) is 8.00. The van der Waals surface area contributed by atoms with Gasteiger partial charge in [0.1, 0.15) is 17.5 Å². The molecule has 3 rings (SSSR count). The Balaban J connectivity index is 1.49. The van der Waals surface area contributed by atoms with Crippen LogP contribution in [0.2, 0.25) is 0 Å². The Hall–Kier alpha value is -2.62. The largest absolute Gasteiger partial charge is 0.468 e. The van der Waals surface area contributed by atoms with Crippen molar-refractivity contribution in [1.82, 2.24) is 9.80 Å². The number of esters is 1. The van der Waals surface area contributed by atoms with Crippen LogP contribution in [0.5, 0.6) is 11.5 Å². The molecule has 9 heteroatoms. The smallest absolute Gasteiger partial charge is 0.323 e. The predicted molar refractivity (Wildman–Crippen MR) is 134 cm³/mol. The van der Waals surface area contributed by atoms with Gasteiger partial charge in [0.2, 0.25) is 10.0 Å². The maximum atomic E-state index is 12.2. The van der Waals surface area contributed by atoms with Crippen LogP contribution in [0, 0.1) is 0 Å². The normalized spacial score (nSPS) is 16.1. The lowest BCUT2D eigenvalue weighted by molar-refractivity contribution is -0.148. The highest BCUT2D eigenvalue weighted by Gasteiger charge is 2.29. The summed E-state index contributed by atoms with van der Waals surface area (Å²) in [6.07, 6.45) is 4.06. The van der Waals surface area contributed by atoms with Gasteiger partial charge in [-0.05, 0) is 48.4 Å². The summed E-state index contributed by atoms with van der Waals surface area (Å²) in [6, 6.07) is 14.6. The quantitative estimate of drug-likeness (QED) is 0.482. The highest BCUT2D eigenvalue weighted by Crippen LogP contribution is 2.24. The molecule has 34 heavy (non-hydrogen) atoms. The second kappa shape index (κ2) is 12.2. The lowest BCUT2D eigenvalue weighted by Gasteiger charge is -2.38. The maximum absolute atomic E-state index is 12.2. The van der Waals surface area contributed by atoms with Gasteiger partial charge in [-0.15, -0.1) is 0 Å². The number of rotatable bonds is 11. The van der Waals surface area contributed by atoms with Gasteiger partial charge in [-0.1, -0.05) is 31.9 Å². The molecule has 8 nitrogen and oxygen atoms in total. The lowest BCUT2D eigenvalue weighted by atomic mass is 10.1. The van der Waals surface area contributed by atoms with E-state index in [1.54, 1.807) is 24.3 Å². The third-order valence-electron chi connectivity index (χ3n) is 5.87. The van der Waals surface area contributed by atoms with Crippen molar-refractivity contribution in [3.05, 3.63) is 54.1 Å². The summed E-state index contributed by atoms with van der Waals surface area (Å²) in [5.41, 5.74) is 1.69. The number of carbonyl (C=O) groups is 1. The van der Waals surface area contributed by atoms with E-state index in [4.69, 9.17) is 9.47 Å². The number of sulfonamides is 1. The standard InChI is InChI=1S/C25H35N3O5S/c1-4-5-6-24(25(29)32-2)28-17-15-27(16-18-28)19-20-7-11-22(12-8-20)33-23-13-9-21(10-14-23)26-34(3,30)31/h7-14,24,26H,4-6,15-19H2,1-3H3. The summed E-state index contributed by atoms with van der Waals surface area (Å²) in [5, 5.41) is 0. The Kier molecular flexibility index (Phi) is 9.32. The van der Waals surface area contributed by atoms with Crippen molar-refractivity contribution in [2.24, 2.45) is 0 Å². The van der Waals surface area contributed by atoms with Crippen molar-refractivity contribution in [2.45, 2.75) is 38.8 Å². The number of nitrogens with one attached hydrogen (secondary N) is 1. The van der Waals surface area contributed by atoms with Crippen LogP contribution in [0.25, 0.3) is 0 Å². The molecule has 1 aliphatic rings. The number of carbonyl (C=O) groups excluding carboxylic acids is 1. The molecule has 2 aromatic carbocycles. The molecular weight excluding hydrogens is 454 g/mol. The van der Waals surface area contributed by atoms with Crippen LogP contribution < -0.4 is 9.46 Å². The summed E-state index contributed by atoms with van der Waals surface area (Å²) in [6.45, 7) is 6.51. The first kappa shape index (κ1) is 26.0. The summed E-state index contributed by atoms with van der Waals surface area (Å²) in [5.74, 6) is 1.22. The first-order chi connectivity index (χ1) is 16.3. The SMILES string of the molecule is CCCCC(C(=O)OC)N1CCN(Cc2ccc(Oc3ccc(NS(C)(=O)=O)cc3)cc2)CC1. The summed E-state index contributed by atoms with van der Waals surface area (Å²) >= 11 is 0. The Morgan fingerprint density at radius 3 is 2.12 bits per heavy atom. The van der Waals surface area contributed by atoms with Gasteiger partial charge in [0.15, 0.2) is 0 Å². The summed E-state index contributed by atoms with van der Waals surface area (Å²) in [4.78, 5) is 16.9. The number of methoxy groups -OCH3 is 1. The van der Waals surface area contributed by atoms with Gasteiger partial charge >= 0.3 is 5.97 Å². The van der Waals surface area contributed by atoms with Crippen LogP contribution in [-0.2, 0) is 26.1 Å². The molecule has 0 amide bonds. The first-order valence-corrected chi connectivity index (χ1v) is 13.6. The molecule has 0 aromatic heterocycles. The van der Waals surface area contributed by atoms with E-state index in [1.165, 1.54) is 12.7 Å². The number of unbranched alkanes of at least 4 members (excludes halogenated alkanes) is 1. The van der Waals surface area contributed by atoms with Gasteiger partial charge in [0.25, 0.3) is 0 Å². The molecule has 0 radical (unpaired) electrons. The third-order valence-corrected chi connectivity index (χ3v) is 6.48. The van der Waals surface area contributed by atoms with Crippen LogP contribution in [0.3, 0.4) is 0 Å². The Labute approximate surface area is 202 Å². The van der Waals surface area contributed by atoms with E-state index >= 15 is 0 Å². The van der Waals surface area contributed by atoms with Crippen LogP contribution in [0.4, 0.5) is 5.69 Å². The number of nitrogens with zero attached hydrogens (tertiary/aromatic N) is 2. The number of ether oxygens (including phenoxy) is 2. The molecule has 1 N–H and O–H groups in total. The van der Waals surface area contributed by atoms with Crippen molar-refractivity contribution in [3.63, 3.8) is 0 Å². The van der Waals surface area contributed by atoms with E-state index in [2.05, 4.69) is 33.6 Å². The Bertz CT molecular complexity index is 1020. The van der Waals surface area contributed by atoms with Gasteiger partial charge in [-0.2, -0.15) is 0 Å². The fourth-order valence-electron chi connectivity index (χ4n) is 4.08. The average molecular weight is 490 g/mol. The molecule has 1 heterocycles. The molecule has 1 aliphatic heterocycles. The number of benzene rings is 2. The minimum atomic E-state index is -3.30. The van der Waals surface area contributed by atoms with E-state index < -0.39 is 10.0 Å². The highest BCUT2D eigenvalue weighted by molar-refractivity contribution is 7.92. The zero-order valence-electron chi connectivity index (χ0n) is 20.2. The average Bonchev–Trinajstić information content (AvgIpc) is 2.81. The second-order valence-corrected chi connectivity index (χ2v) is 10.4. The van der Waals surface area contributed by atoms with Crippen LogP contribution >= 0.6 is 0 Å². The van der Waals surface area contributed by atoms with Crippen LogP contribution in [0.15, 0.2) is 48.5 Å². The molecule has 0 spiro atoms. The molecule has 1 unspecified atom stereocenters. The van der Waals surface area contributed by atoms with Gasteiger partial charge in [-0.25, -0.2) is 8.42 Å². The van der Waals surface area contributed by atoms with Gasteiger partial charge < -0.3 is 9.47 Å². The van der Waals surface area contributed by atoms with Crippen molar-refractivity contribution >= 4 is 21.7 Å². The van der Waals surface area contributed by atoms with Gasteiger partial charge in [0, 0.05) is 38.4 Å². The molecule has 0 saturated carbocycles. The molecule has 0 aliphatic carbocycles. The Morgan fingerprint density at radius 1 is 1.00 bits per heavy atom. The van der Waals surface area contributed by atoms with Crippen molar-refractivity contribution in [2.75, 3.05) is 44.3 Å². The number of anilines is 1. The highest BCUT2D eigenvalue weighted by atomic mass is 32.2. The Morgan fingerprint density at radius 2 is 1.59 bits per heavy atom. The van der Waals surface area contributed by atoms with Gasteiger partial charge in [-0.3, -0.25) is 19.3 Å². The van der Waals surface area contributed by atoms with E-state index in [0.29, 0.717) is 17.2 Å². The van der Waals surface area contributed by atoms with E-state index in [1.807, 2.05) is 12.1 Å².